The quantitative estimate of drug-likeness (QED) is 0.688. The van der Waals surface area contributed by atoms with Crippen LogP contribution in [0.25, 0.3) is 0 Å². The van der Waals surface area contributed by atoms with Gasteiger partial charge in [-0.05, 0) is 24.3 Å². The Hall–Kier alpha value is -1.65. The summed E-state index contributed by atoms with van der Waals surface area (Å²) in [5.41, 5.74) is 0.0986. The van der Waals surface area contributed by atoms with Crippen molar-refractivity contribution in [2.75, 3.05) is 4.72 Å². The smallest absolute Gasteiger partial charge is 0.274 e. The van der Waals surface area contributed by atoms with Gasteiger partial charge in [0.25, 0.3) is 0 Å². The Kier molecular flexibility index (Phi) is 4.73. The molecule has 0 spiro atoms. The van der Waals surface area contributed by atoms with E-state index in [-0.39, 0.29) is 10.6 Å². The fourth-order valence-corrected chi connectivity index (χ4v) is 2.66. The summed E-state index contributed by atoms with van der Waals surface area (Å²) in [4.78, 5) is 11.2. The molecule has 0 aliphatic carbocycles. The van der Waals surface area contributed by atoms with Crippen molar-refractivity contribution in [3.8, 4) is 0 Å². The Morgan fingerprint density at radius 1 is 1.10 bits per heavy atom. The highest BCUT2D eigenvalue weighted by Crippen LogP contribution is 2.13. The van der Waals surface area contributed by atoms with Crippen molar-refractivity contribution < 1.29 is 21.6 Å². The molecule has 0 radical (unpaired) electrons. The van der Waals surface area contributed by atoms with Crippen molar-refractivity contribution in [1.29, 1.82) is 0 Å². The Morgan fingerprint density at radius 2 is 1.60 bits per heavy atom. The lowest BCUT2D eigenvalue weighted by atomic mass is 10.2. The maximum atomic E-state index is 11.6. The zero-order valence-corrected chi connectivity index (χ0v) is 12.5. The van der Waals surface area contributed by atoms with Gasteiger partial charge in [0.05, 0.1) is 10.6 Å². The van der Waals surface area contributed by atoms with E-state index in [0.29, 0.717) is 0 Å². The number of nitrogens with two attached hydrogens (primary N) is 1. The molecule has 1 rings (SSSR count). The minimum atomic E-state index is -4.06. The lowest BCUT2D eigenvalue weighted by Crippen LogP contribution is -2.37. The highest BCUT2D eigenvalue weighted by atomic mass is 32.2. The molecular weight excluding hydrogens is 306 g/mol. The zero-order chi connectivity index (χ0) is 15.6. The molecule has 0 atom stereocenters. The van der Waals surface area contributed by atoms with Crippen molar-refractivity contribution in [2.45, 2.75) is 18.7 Å². The van der Waals surface area contributed by atoms with E-state index in [0.717, 1.165) is 12.1 Å². The molecule has 1 amide bonds. The van der Waals surface area contributed by atoms with Gasteiger partial charge in [-0.2, -0.15) is 8.42 Å². The van der Waals surface area contributed by atoms with Crippen LogP contribution in [-0.2, 0) is 25.0 Å². The molecule has 0 bridgehead atoms. The third-order valence-corrected chi connectivity index (χ3v) is 4.10. The van der Waals surface area contributed by atoms with Crippen molar-refractivity contribution in [3.05, 3.63) is 24.3 Å². The van der Waals surface area contributed by atoms with Crippen LogP contribution in [0.1, 0.15) is 13.8 Å². The molecule has 20 heavy (non-hydrogen) atoms. The molecule has 112 valence electrons. The van der Waals surface area contributed by atoms with Gasteiger partial charge in [0.15, 0.2) is 0 Å². The minimum Gasteiger partial charge on any atom is -0.274 e. The van der Waals surface area contributed by atoms with E-state index >= 15 is 0 Å². The molecule has 8 nitrogen and oxygen atoms in total. The maximum absolute atomic E-state index is 11.6. The number of carbonyl (C=O) groups is 1. The van der Waals surface area contributed by atoms with E-state index in [1.54, 1.807) is 13.8 Å². The molecule has 1 aromatic rings. The first-order valence-electron chi connectivity index (χ1n) is 5.48. The van der Waals surface area contributed by atoms with Gasteiger partial charge in [0.1, 0.15) is 0 Å². The third kappa shape index (κ3) is 4.79. The van der Waals surface area contributed by atoms with Gasteiger partial charge in [-0.3, -0.25) is 9.52 Å². The second-order valence-corrected chi connectivity index (χ2v) is 7.27. The Labute approximate surface area is 117 Å². The largest absolute Gasteiger partial charge is 0.323 e. The summed E-state index contributed by atoms with van der Waals surface area (Å²) in [7, 11) is -7.90. The van der Waals surface area contributed by atoms with Crippen LogP contribution in [0.15, 0.2) is 29.2 Å². The molecule has 1 aromatic carbocycles. The number of anilines is 1. The lowest BCUT2D eigenvalue weighted by Gasteiger charge is -2.11. The summed E-state index contributed by atoms with van der Waals surface area (Å²) in [6.45, 7) is 3.09. The van der Waals surface area contributed by atoms with Gasteiger partial charge in [-0.15, -0.1) is 0 Å². The number of nitrogens with one attached hydrogen (secondary N) is 2. The van der Waals surface area contributed by atoms with Gasteiger partial charge in [-0.25, -0.2) is 18.3 Å². The first-order valence-corrected chi connectivity index (χ1v) is 8.51. The third-order valence-electron chi connectivity index (χ3n) is 2.19. The van der Waals surface area contributed by atoms with E-state index in [9.17, 15) is 21.6 Å². The molecule has 0 aliphatic rings. The first-order chi connectivity index (χ1) is 9.01. The topological polar surface area (TPSA) is 135 Å². The van der Waals surface area contributed by atoms with E-state index in [2.05, 4.69) is 4.72 Å². The monoisotopic (exact) mass is 321 g/mol. The van der Waals surface area contributed by atoms with Crippen LogP contribution in [0.5, 0.6) is 0 Å². The average molecular weight is 321 g/mol. The average Bonchev–Trinajstić information content (AvgIpc) is 2.26. The second-order valence-electron chi connectivity index (χ2n) is 4.30. The Bertz CT molecular complexity index is 693. The second kappa shape index (κ2) is 5.77. The number of primary sulfonamides is 1. The Morgan fingerprint density at radius 3 is 2.00 bits per heavy atom. The van der Waals surface area contributed by atoms with Crippen LogP contribution in [0.2, 0.25) is 0 Å². The van der Waals surface area contributed by atoms with Crippen LogP contribution >= 0.6 is 0 Å². The number of amides is 1. The molecule has 10 heteroatoms. The summed E-state index contributed by atoms with van der Waals surface area (Å²) >= 11 is 0. The number of hydrogen-bond donors (Lipinski definition) is 3. The SMILES string of the molecule is CC(C)C(=O)NS(=O)(=O)Nc1ccc(S(N)(=O)=O)cc1. The first kappa shape index (κ1) is 16.4. The summed E-state index contributed by atoms with van der Waals surface area (Å²) in [5.74, 6) is -1.14. The molecule has 0 fully saturated rings. The van der Waals surface area contributed by atoms with Crippen LogP contribution in [-0.4, -0.2) is 22.7 Å². The zero-order valence-electron chi connectivity index (χ0n) is 10.8. The highest BCUT2D eigenvalue weighted by Gasteiger charge is 2.17. The van der Waals surface area contributed by atoms with E-state index in [4.69, 9.17) is 5.14 Å². The summed E-state index contributed by atoms with van der Waals surface area (Å²) in [5, 5.41) is 4.91. The molecule has 0 heterocycles. The molecule has 0 aromatic heterocycles. The van der Waals surface area contributed by atoms with Gasteiger partial charge in [0, 0.05) is 5.92 Å². The fraction of sp³-hybridized carbons (Fsp3) is 0.300. The number of sulfonamides is 1. The van der Waals surface area contributed by atoms with Crippen LogP contribution in [0.4, 0.5) is 5.69 Å². The molecular formula is C10H15N3O5S2. The molecule has 4 N–H and O–H groups in total. The van der Waals surface area contributed by atoms with Gasteiger partial charge in [-0.1, -0.05) is 13.8 Å². The Balaban J connectivity index is 2.86. The summed E-state index contributed by atoms with van der Waals surface area (Å²) in [6, 6.07) is 4.74. The van der Waals surface area contributed by atoms with Crippen LogP contribution < -0.4 is 14.6 Å². The van der Waals surface area contributed by atoms with E-state index < -0.39 is 32.1 Å². The van der Waals surface area contributed by atoms with E-state index in [1.807, 2.05) is 4.72 Å². The molecule has 0 saturated heterocycles. The number of hydrogen-bond acceptors (Lipinski definition) is 5. The predicted octanol–water partition coefficient (Wildman–Crippen LogP) is -0.237. The van der Waals surface area contributed by atoms with Crippen molar-refractivity contribution in [1.82, 2.24) is 4.72 Å². The normalized spacial score (nSPS) is 12.2. The van der Waals surface area contributed by atoms with Gasteiger partial charge in [0.2, 0.25) is 15.9 Å². The summed E-state index contributed by atoms with van der Waals surface area (Å²) in [6.07, 6.45) is 0. The molecule has 0 aliphatic heterocycles. The fourth-order valence-electron chi connectivity index (χ4n) is 1.14. The molecule has 0 unspecified atom stereocenters. The standard InChI is InChI=1S/C10H15N3O5S2/c1-7(2)10(14)13-20(17,18)12-8-3-5-9(6-4-8)19(11,15)16/h3-7,12H,1-2H3,(H,13,14)(H2,11,15,16). The highest BCUT2D eigenvalue weighted by molar-refractivity contribution is 7.91. The van der Waals surface area contributed by atoms with Crippen molar-refractivity contribution in [2.24, 2.45) is 11.1 Å². The maximum Gasteiger partial charge on any atom is 0.323 e. The van der Waals surface area contributed by atoms with Crippen LogP contribution in [0.3, 0.4) is 0 Å². The minimum absolute atomic E-state index is 0.0986. The van der Waals surface area contributed by atoms with Crippen LogP contribution in [0, 0.1) is 5.92 Å². The van der Waals surface area contributed by atoms with Gasteiger partial charge >= 0.3 is 10.2 Å². The molecule has 0 saturated carbocycles. The van der Waals surface area contributed by atoms with Crippen molar-refractivity contribution >= 4 is 31.8 Å². The van der Waals surface area contributed by atoms with Gasteiger partial charge < -0.3 is 0 Å². The number of benzene rings is 1. The van der Waals surface area contributed by atoms with E-state index in [1.165, 1.54) is 12.1 Å². The summed E-state index contributed by atoms with van der Waals surface area (Å²) < 4.78 is 49.2. The lowest BCUT2D eigenvalue weighted by molar-refractivity contribution is -0.122. The number of rotatable bonds is 5. The number of carbonyl (C=O) groups excluding carboxylic acids is 1. The van der Waals surface area contributed by atoms with Crippen molar-refractivity contribution in [3.63, 3.8) is 0 Å². The predicted molar refractivity (Wildman–Crippen MR) is 73.3 cm³/mol.